The van der Waals surface area contributed by atoms with Gasteiger partial charge in [0.15, 0.2) is 0 Å². The molecule has 1 aromatic carbocycles. The fraction of sp³-hybridized carbons (Fsp3) is 0.143. The highest BCUT2D eigenvalue weighted by atomic mass is 19.1. The van der Waals surface area contributed by atoms with Crippen molar-refractivity contribution in [1.29, 1.82) is 5.26 Å². The molecule has 0 saturated carbocycles. The Labute approximate surface area is 104 Å². The van der Waals surface area contributed by atoms with Crippen LogP contribution in [0.25, 0.3) is 0 Å². The molecule has 90 valence electrons. The minimum Gasteiger partial charge on any atom is -0.381 e. The van der Waals surface area contributed by atoms with Crippen LogP contribution in [0.2, 0.25) is 0 Å². The number of aromatic nitrogens is 1. The van der Waals surface area contributed by atoms with Crippen LogP contribution in [-0.4, -0.2) is 10.1 Å². The third-order valence-electron chi connectivity index (χ3n) is 2.84. The molecule has 2 aromatic rings. The Bertz CT molecular complexity index is 600. The number of aliphatic hydroxyl groups is 1. The lowest BCUT2D eigenvalue weighted by molar-refractivity contribution is 0.101. The third kappa shape index (κ3) is 2.22. The van der Waals surface area contributed by atoms with Crippen molar-refractivity contribution >= 4 is 0 Å². The largest absolute Gasteiger partial charge is 0.381 e. The first-order chi connectivity index (χ1) is 8.54. The highest BCUT2D eigenvalue weighted by Crippen LogP contribution is 2.28. The molecule has 2 rings (SSSR count). The van der Waals surface area contributed by atoms with Crippen LogP contribution in [0.3, 0.4) is 0 Å². The van der Waals surface area contributed by atoms with Gasteiger partial charge >= 0.3 is 0 Å². The molecule has 3 nitrogen and oxygen atoms in total. The molecule has 1 N–H and O–H groups in total. The molecule has 0 spiro atoms. The van der Waals surface area contributed by atoms with E-state index in [1.54, 1.807) is 31.2 Å². The number of hydrogen-bond acceptors (Lipinski definition) is 3. The van der Waals surface area contributed by atoms with Crippen LogP contribution in [0.15, 0.2) is 42.7 Å². The van der Waals surface area contributed by atoms with E-state index in [4.69, 9.17) is 5.26 Å². The van der Waals surface area contributed by atoms with E-state index >= 15 is 0 Å². The Morgan fingerprint density at radius 3 is 2.44 bits per heavy atom. The Hall–Kier alpha value is -2.25. The summed E-state index contributed by atoms with van der Waals surface area (Å²) in [5.74, 6) is -0.499. The van der Waals surface area contributed by atoms with Crippen LogP contribution >= 0.6 is 0 Å². The van der Waals surface area contributed by atoms with E-state index in [0.717, 1.165) is 6.20 Å². The standard InChI is InChI=1S/C14H11FN2O/c1-14(18,12-6-13(15)9-17-8-12)11-4-2-10(7-16)3-5-11/h2-6,8-9,18H,1H3. The summed E-state index contributed by atoms with van der Waals surface area (Å²) in [6, 6.07) is 9.74. The van der Waals surface area contributed by atoms with E-state index in [1.807, 2.05) is 6.07 Å². The second kappa shape index (κ2) is 4.55. The van der Waals surface area contributed by atoms with Crippen LogP contribution in [0.5, 0.6) is 0 Å². The zero-order chi connectivity index (χ0) is 13.2. The lowest BCUT2D eigenvalue weighted by Gasteiger charge is -2.24. The van der Waals surface area contributed by atoms with Crippen molar-refractivity contribution in [2.24, 2.45) is 0 Å². The zero-order valence-corrected chi connectivity index (χ0v) is 9.76. The molecule has 0 aliphatic heterocycles. The molecule has 0 amide bonds. The highest BCUT2D eigenvalue weighted by Gasteiger charge is 2.26. The molecule has 4 heteroatoms. The minimum absolute atomic E-state index is 0.368. The van der Waals surface area contributed by atoms with E-state index in [-0.39, 0.29) is 0 Å². The van der Waals surface area contributed by atoms with Gasteiger partial charge in [0.05, 0.1) is 17.8 Å². The number of hydrogen-bond donors (Lipinski definition) is 1. The molecule has 0 fully saturated rings. The molecule has 1 atom stereocenters. The summed E-state index contributed by atoms with van der Waals surface area (Å²) in [5, 5.41) is 19.2. The summed E-state index contributed by atoms with van der Waals surface area (Å²) >= 11 is 0. The Morgan fingerprint density at radius 2 is 1.89 bits per heavy atom. The number of pyridine rings is 1. The number of halogens is 1. The predicted molar refractivity (Wildman–Crippen MR) is 64.0 cm³/mol. The maximum absolute atomic E-state index is 13.1. The Morgan fingerprint density at radius 1 is 1.22 bits per heavy atom. The van der Waals surface area contributed by atoms with Crippen molar-refractivity contribution in [2.45, 2.75) is 12.5 Å². The number of nitriles is 1. The molecule has 0 aliphatic carbocycles. The number of benzene rings is 1. The van der Waals surface area contributed by atoms with Gasteiger partial charge in [0.25, 0.3) is 0 Å². The van der Waals surface area contributed by atoms with Gasteiger partial charge in [-0.05, 0) is 30.7 Å². The van der Waals surface area contributed by atoms with Crippen LogP contribution in [0.4, 0.5) is 4.39 Å². The molecule has 0 aliphatic rings. The van der Waals surface area contributed by atoms with E-state index in [9.17, 15) is 9.50 Å². The van der Waals surface area contributed by atoms with E-state index in [0.29, 0.717) is 16.7 Å². The van der Waals surface area contributed by atoms with Gasteiger partial charge in [0.1, 0.15) is 11.4 Å². The summed E-state index contributed by atoms with van der Waals surface area (Å²) in [6.07, 6.45) is 2.50. The number of nitrogens with zero attached hydrogens (tertiary/aromatic N) is 2. The average Bonchev–Trinajstić information content (AvgIpc) is 2.39. The molecule has 18 heavy (non-hydrogen) atoms. The quantitative estimate of drug-likeness (QED) is 0.879. The first-order valence-corrected chi connectivity index (χ1v) is 5.38. The van der Waals surface area contributed by atoms with E-state index in [1.165, 1.54) is 12.3 Å². The predicted octanol–water partition coefficient (Wildman–Crippen LogP) is 2.35. The van der Waals surface area contributed by atoms with Gasteiger partial charge < -0.3 is 5.11 Å². The number of rotatable bonds is 2. The van der Waals surface area contributed by atoms with Gasteiger partial charge in [0, 0.05) is 11.8 Å². The van der Waals surface area contributed by atoms with E-state index in [2.05, 4.69) is 4.98 Å². The normalized spacial score (nSPS) is 13.7. The van der Waals surface area contributed by atoms with Crippen LogP contribution in [0.1, 0.15) is 23.6 Å². The summed E-state index contributed by atoms with van der Waals surface area (Å²) in [4.78, 5) is 3.72. The summed E-state index contributed by atoms with van der Waals surface area (Å²) < 4.78 is 13.1. The Kier molecular flexibility index (Phi) is 3.09. The second-order valence-electron chi connectivity index (χ2n) is 4.15. The summed E-state index contributed by atoms with van der Waals surface area (Å²) in [7, 11) is 0. The van der Waals surface area contributed by atoms with Crippen LogP contribution in [-0.2, 0) is 5.60 Å². The molecular formula is C14H11FN2O. The molecule has 0 bridgehead atoms. The van der Waals surface area contributed by atoms with Crippen LogP contribution in [0, 0.1) is 17.1 Å². The lowest BCUT2D eigenvalue weighted by atomic mass is 9.89. The first-order valence-electron chi connectivity index (χ1n) is 5.38. The van der Waals surface area contributed by atoms with Gasteiger partial charge in [-0.25, -0.2) is 4.39 Å². The van der Waals surface area contributed by atoms with Crippen LogP contribution < -0.4 is 0 Å². The average molecular weight is 242 g/mol. The maximum Gasteiger partial charge on any atom is 0.141 e. The fourth-order valence-electron chi connectivity index (χ4n) is 1.71. The smallest absolute Gasteiger partial charge is 0.141 e. The van der Waals surface area contributed by atoms with Crippen molar-refractivity contribution in [1.82, 2.24) is 4.98 Å². The van der Waals surface area contributed by atoms with Crippen molar-refractivity contribution in [3.05, 3.63) is 65.2 Å². The SMILES string of the molecule is CC(O)(c1ccc(C#N)cc1)c1cncc(F)c1. The third-order valence-corrected chi connectivity index (χ3v) is 2.84. The molecule has 0 saturated heterocycles. The van der Waals surface area contributed by atoms with Gasteiger partial charge in [0.2, 0.25) is 0 Å². The summed E-state index contributed by atoms with van der Waals surface area (Å²) in [5.41, 5.74) is 0.108. The second-order valence-corrected chi connectivity index (χ2v) is 4.15. The molecule has 1 unspecified atom stereocenters. The molecule has 0 radical (unpaired) electrons. The van der Waals surface area contributed by atoms with Gasteiger partial charge in [-0.15, -0.1) is 0 Å². The van der Waals surface area contributed by atoms with Crippen molar-refractivity contribution in [3.8, 4) is 6.07 Å². The summed E-state index contributed by atoms with van der Waals surface area (Å²) in [6.45, 7) is 1.56. The van der Waals surface area contributed by atoms with Gasteiger partial charge in [-0.3, -0.25) is 4.98 Å². The molecule has 1 aromatic heterocycles. The van der Waals surface area contributed by atoms with Gasteiger partial charge in [-0.2, -0.15) is 5.26 Å². The zero-order valence-electron chi connectivity index (χ0n) is 9.76. The van der Waals surface area contributed by atoms with Gasteiger partial charge in [-0.1, -0.05) is 12.1 Å². The first kappa shape index (κ1) is 12.2. The van der Waals surface area contributed by atoms with Crippen molar-refractivity contribution in [3.63, 3.8) is 0 Å². The lowest BCUT2D eigenvalue weighted by Crippen LogP contribution is -2.23. The molecule has 1 heterocycles. The van der Waals surface area contributed by atoms with Crippen molar-refractivity contribution in [2.75, 3.05) is 0 Å². The highest BCUT2D eigenvalue weighted by molar-refractivity contribution is 5.38. The Balaban J connectivity index is 2.44. The van der Waals surface area contributed by atoms with Crippen molar-refractivity contribution < 1.29 is 9.50 Å². The minimum atomic E-state index is -1.34. The molecular weight excluding hydrogens is 231 g/mol. The topological polar surface area (TPSA) is 56.9 Å². The fourth-order valence-corrected chi connectivity index (χ4v) is 1.71. The van der Waals surface area contributed by atoms with E-state index < -0.39 is 11.4 Å². The maximum atomic E-state index is 13.1. The monoisotopic (exact) mass is 242 g/mol.